The first kappa shape index (κ1) is 17.5. The van der Waals surface area contributed by atoms with Gasteiger partial charge in [-0.25, -0.2) is 4.98 Å². The van der Waals surface area contributed by atoms with Gasteiger partial charge in [0.25, 0.3) is 5.91 Å². The number of carbonyl (C=O) groups is 1. The summed E-state index contributed by atoms with van der Waals surface area (Å²) in [7, 11) is 3.18. The highest BCUT2D eigenvalue weighted by atomic mass is 16.5. The number of nitrogens with one attached hydrogen (secondary N) is 1. The number of methoxy groups -OCH3 is 2. The van der Waals surface area contributed by atoms with E-state index in [4.69, 9.17) is 14.2 Å². The second-order valence-corrected chi connectivity index (χ2v) is 5.69. The fraction of sp³-hybridized carbons (Fsp3) is 0.200. The zero-order chi connectivity index (χ0) is 18.5. The average Bonchev–Trinajstić information content (AvgIpc) is 2.65. The molecule has 3 rings (SSSR count). The van der Waals surface area contributed by atoms with Gasteiger partial charge in [-0.15, -0.1) is 0 Å². The smallest absolute Gasteiger partial charge is 0.262 e. The molecule has 134 valence electrons. The van der Waals surface area contributed by atoms with Crippen LogP contribution in [0, 0.1) is 6.92 Å². The Kier molecular flexibility index (Phi) is 5.22. The molecule has 0 radical (unpaired) electrons. The molecule has 1 aromatic heterocycles. The zero-order valence-corrected chi connectivity index (χ0v) is 14.9. The van der Waals surface area contributed by atoms with Crippen LogP contribution in [0.5, 0.6) is 17.2 Å². The lowest BCUT2D eigenvalue weighted by Gasteiger charge is -2.12. The minimum atomic E-state index is -0.260. The van der Waals surface area contributed by atoms with Crippen molar-refractivity contribution in [1.82, 2.24) is 4.98 Å². The Morgan fingerprint density at radius 3 is 2.62 bits per heavy atom. The van der Waals surface area contributed by atoms with Gasteiger partial charge < -0.3 is 19.5 Å². The van der Waals surface area contributed by atoms with E-state index in [1.807, 2.05) is 31.2 Å². The van der Waals surface area contributed by atoms with Gasteiger partial charge in [-0.3, -0.25) is 4.79 Å². The normalized spacial score (nSPS) is 10.4. The van der Waals surface area contributed by atoms with Gasteiger partial charge >= 0.3 is 0 Å². The molecule has 0 aliphatic carbocycles. The lowest BCUT2D eigenvalue weighted by atomic mass is 10.1. The van der Waals surface area contributed by atoms with Gasteiger partial charge in [0.1, 0.15) is 22.8 Å². The summed E-state index contributed by atoms with van der Waals surface area (Å²) >= 11 is 0. The van der Waals surface area contributed by atoms with Crippen LogP contribution in [-0.2, 0) is 4.79 Å². The molecule has 0 fully saturated rings. The van der Waals surface area contributed by atoms with Crippen LogP contribution in [0.1, 0.15) is 5.69 Å². The molecule has 6 nitrogen and oxygen atoms in total. The average molecular weight is 352 g/mol. The number of anilines is 1. The summed E-state index contributed by atoms with van der Waals surface area (Å²) in [5, 5.41) is 3.58. The molecule has 0 bridgehead atoms. The maximum Gasteiger partial charge on any atom is 0.262 e. The van der Waals surface area contributed by atoms with E-state index in [-0.39, 0.29) is 12.5 Å². The van der Waals surface area contributed by atoms with Crippen molar-refractivity contribution < 1.29 is 19.0 Å². The van der Waals surface area contributed by atoms with Crippen LogP contribution in [0.2, 0.25) is 0 Å². The topological polar surface area (TPSA) is 69.7 Å². The number of rotatable bonds is 6. The fourth-order valence-corrected chi connectivity index (χ4v) is 2.64. The van der Waals surface area contributed by atoms with Gasteiger partial charge in [0, 0.05) is 28.9 Å². The third-order valence-electron chi connectivity index (χ3n) is 3.82. The van der Waals surface area contributed by atoms with Gasteiger partial charge in [-0.2, -0.15) is 0 Å². The Balaban J connectivity index is 1.76. The fourth-order valence-electron chi connectivity index (χ4n) is 2.64. The number of carbonyl (C=O) groups excluding carboxylic acids is 1. The molecule has 0 saturated carbocycles. The summed E-state index contributed by atoms with van der Waals surface area (Å²) in [6.45, 7) is 1.75. The van der Waals surface area contributed by atoms with E-state index < -0.39 is 0 Å². The lowest BCUT2D eigenvalue weighted by Crippen LogP contribution is -2.20. The highest BCUT2D eigenvalue weighted by Gasteiger charge is 2.11. The van der Waals surface area contributed by atoms with E-state index in [1.165, 1.54) is 0 Å². The number of pyridine rings is 1. The molecule has 2 aromatic carbocycles. The van der Waals surface area contributed by atoms with Crippen LogP contribution in [0.15, 0.2) is 48.5 Å². The van der Waals surface area contributed by atoms with Crippen LogP contribution in [0.3, 0.4) is 0 Å². The Bertz CT molecular complexity index is 940. The van der Waals surface area contributed by atoms with Crippen LogP contribution < -0.4 is 19.5 Å². The van der Waals surface area contributed by atoms with Gasteiger partial charge in [-0.05, 0) is 31.2 Å². The molecule has 3 aromatic rings. The lowest BCUT2D eigenvalue weighted by molar-refractivity contribution is -0.118. The minimum absolute atomic E-state index is 0.118. The monoisotopic (exact) mass is 352 g/mol. The summed E-state index contributed by atoms with van der Waals surface area (Å²) in [6.07, 6.45) is 0. The third kappa shape index (κ3) is 3.85. The van der Waals surface area contributed by atoms with Gasteiger partial charge in [-0.1, -0.05) is 12.1 Å². The number of amides is 1. The Morgan fingerprint density at radius 2 is 1.85 bits per heavy atom. The summed E-state index contributed by atoms with van der Waals surface area (Å²) in [5.74, 6) is 1.67. The third-order valence-corrected chi connectivity index (χ3v) is 3.82. The Morgan fingerprint density at radius 1 is 1.04 bits per heavy atom. The predicted octanol–water partition coefficient (Wildman–Crippen LogP) is 3.58. The van der Waals surface area contributed by atoms with Crippen molar-refractivity contribution in [3.05, 3.63) is 54.2 Å². The highest BCUT2D eigenvalue weighted by molar-refractivity contribution is 5.93. The summed E-state index contributed by atoms with van der Waals surface area (Å²) in [6, 6.07) is 14.5. The molecule has 26 heavy (non-hydrogen) atoms. The second-order valence-electron chi connectivity index (χ2n) is 5.69. The number of ether oxygens (including phenoxy) is 3. The Labute approximate surface area is 151 Å². The maximum absolute atomic E-state index is 12.2. The van der Waals surface area contributed by atoms with Crippen LogP contribution in [0.25, 0.3) is 10.9 Å². The molecule has 1 heterocycles. The molecule has 6 heteroatoms. The van der Waals surface area contributed by atoms with Crippen molar-refractivity contribution in [3.8, 4) is 17.2 Å². The van der Waals surface area contributed by atoms with Crippen LogP contribution >= 0.6 is 0 Å². The molecular formula is C20H20N2O4. The second kappa shape index (κ2) is 7.74. The quantitative estimate of drug-likeness (QED) is 0.734. The first-order valence-corrected chi connectivity index (χ1v) is 8.12. The number of fused-ring (bicyclic) bond motifs is 1. The largest absolute Gasteiger partial charge is 0.497 e. The summed E-state index contributed by atoms with van der Waals surface area (Å²) in [5.41, 5.74) is 2.14. The SMILES string of the molecule is COc1cccc(NC(=O)COc2cc(C)nc3c(OC)cccc23)c1. The van der Waals surface area contributed by atoms with E-state index in [0.717, 1.165) is 11.1 Å². The summed E-state index contributed by atoms with van der Waals surface area (Å²) in [4.78, 5) is 16.7. The van der Waals surface area contributed by atoms with Crippen molar-refractivity contribution in [2.24, 2.45) is 0 Å². The zero-order valence-electron chi connectivity index (χ0n) is 14.9. The number of hydrogen-bond acceptors (Lipinski definition) is 5. The molecule has 0 spiro atoms. The standard InChI is InChI=1S/C20H20N2O4/c1-13-10-18(16-8-5-9-17(25-3)20(16)21-13)26-12-19(23)22-14-6-4-7-15(11-14)24-2/h4-11H,12H2,1-3H3,(H,22,23). The van der Waals surface area contributed by atoms with Crippen molar-refractivity contribution in [3.63, 3.8) is 0 Å². The maximum atomic E-state index is 12.2. The molecule has 1 amide bonds. The van der Waals surface area contributed by atoms with Crippen molar-refractivity contribution >= 4 is 22.5 Å². The number of hydrogen-bond donors (Lipinski definition) is 1. The van der Waals surface area contributed by atoms with Gasteiger partial charge in [0.15, 0.2) is 6.61 Å². The number of para-hydroxylation sites is 1. The van der Waals surface area contributed by atoms with Crippen molar-refractivity contribution in [2.45, 2.75) is 6.92 Å². The van der Waals surface area contributed by atoms with Crippen LogP contribution in [-0.4, -0.2) is 31.7 Å². The van der Waals surface area contributed by atoms with E-state index >= 15 is 0 Å². The number of aromatic nitrogens is 1. The number of aryl methyl sites for hydroxylation is 1. The minimum Gasteiger partial charge on any atom is -0.497 e. The highest BCUT2D eigenvalue weighted by Crippen LogP contribution is 2.31. The number of nitrogens with zero attached hydrogens (tertiary/aromatic N) is 1. The molecule has 1 N–H and O–H groups in total. The van der Waals surface area contributed by atoms with E-state index in [0.29, 0.717) is 28.5 Å². The van der Waals surface area contributed by atoms with E-state index in [2.05, 4.69) is 10.3 Å². The predicted molar refractivity (Wildman–Crippen MR) is 100 cm³/mol. The first-order valence-electron chi connectivity index (χ1n) is 8.12. The molecule has 0 unspecified atom stereocenters. The van der Waals surface area contributed by atoms with Crippen LogP contribution in [0.4, 0.5) is 5.69 Å². The molecular weight excluding hydrogens is 332 g/mol. The van der Waals surface area contributed by atoms with Crippen molar-refractivity contribution in [1.29, 1.82) is 0 Å². The first-order chi connectivity index (χ1) is 12.6. The van der Waals surface area contributed by atoms with E-state index in [9.17, 15) is 4.79 Å². The van der Waals surface area contributed by atoms with Crippen molar-refractivity contribution in [2.75, 3.05) is 26.1 Å². The number of benzene rings is 2. The molecule has 0 saturated heterocycles. The Hall–Kier alpha value is -3.28. The molecule has 0 aliphatic heterocycles. The molecule has 0 aliphatic rings. The molecule has 0 atom stereocenters. The van der Waals surface area contributed by atoms with E-state index in [1.54, 1.807) is 38.5 Å². The van der Waals surface area contributed by atoms with Gasteiger partial charge in [0.05, 0.1) is 14.2 Å². The summed E-state index contributed by atoms with van der Waals surface area (Å²) < 4.78 is 16.3. The van der Waals surface area contributed by atoms with Gasteiger partial charge in [0.2, 0.25) is 0 Å².